The van der Waals surface area contributed by atoms with Crippen molar-refractivity contribution in [2.75, 3.05) is 31.8 Å². The maximum Gasteiger partial charge on any atom is 0.227 e. The molecule has 1 heterocycles. The number of amides is 1. The minimum absolute atomic E-state index is 0.0362. The average Bonchev–Trinajstić information content (AvgIpc) is 2.77. The molecule has 17 heavy (non-hydrogen) atoms. The lowest BCUT2D eigenvalue weighted by Crippen LogP contribution is -2.47. The molecule has 5 heteroatoms. The standard InChI is InChI=1S/C12H24N2O2S/c1-4-9(8-17-3)14-12(15)10-6-16-7-11(10)13-5-2/h9-11,13H,4-8H2,1-3H3,(H,14,15). The highest BCUT2D eigenvalue weighted by atomic mass is 32.2. The Bertz CT molecular complexity index is 239. The van der Waals surface area contributed by atoms with Crippen molar-refractivity contribution >= 4 is 17.7 Å². The fourth-order valence-electron chi connectivity index (χ4n) is 2.05. The van der Waals surface area contributed by atoms with E-state index in [1.54, 1.807) is 11.8 Å². The van der Waals surface area contributed by atoms with E-state index in [0.29, 0.717) is 13.2 Å². The third-order valence-electron chi connectivity index (χ3n) is 3.09. The number of rotatable bonds is 7. The Kier molecular flexibility index (Phi) is 6.92. The van der Waals surface area contributed by atoms with Gasteiger partial charge >= 0.3 is 0 Å². The zero-order valence-corrected chi connectivity index (χ0v) is 11.8. The van der Waals surface area contributed by atoms with Gasteiger partial charge in [-0.05, 0) is 19.2 Å². The Morgan fingerprint density at radius 2 is 2.24 bits per heavy atom. The Morgan fingerprint density at radius 1 is 1.47 bits per heavy atom. The van der Waals surface area contributed by atoms with Gasteiger partial charge in [-0.3, -0.25) is 4.79 Å². The van der Waals surface area contributed by atoms with Gasteiger partial charge in [0.1, 0.15) is 0 Å². The Labute approximate surface area is 108 Å². The molecule has 100 valence electrons. The fraction of sp³-hybridized carbons (Fsp3) is 0.917. The lowest BCUT2D eigenvalue weighted by Gasteiger charge is -2.21. The van der Waals surface area contributed by atoms with Gasteiger partial charge in [0.25, 0.3) is 0 Å². The summed E-state index contributed by atoms with van der Waals surface area (Å²) in [6.45, 7) is 6.22. The third kappa shape index (κ3) is 4.48. The molecule has 1 aliphatic heterocycles. The van der Waals surface area contributed by atoms with Crippen LogP contribution in [0.3, 0.4) is 0 Å². The molecule has 0 spiro atoms. The van der Waals surface area contributed by atoms with Crippen LogP contribution in [-0.4, -0.2) is 49.8 Å². The maximum absolute atomic E-state index is 12.1. The van der Waals surface area contributed by atoms with E-state index in [1.165, 1.54) is 0 Å². The molecule has 2 N–H and O–H groups in total. The Hall–Kier alpha value is -0.260. The van der Waals surface area contributed by atoms with Gasteiger partial charge in [0.15, 0.2) is 0 Å². The molecule has 0 bridgehead atoms. The average molecular weight is 260 g/mol. The van der Waals surface area contributed by atoms with Gasteiger partial charge in [-0.1, -0.05) is 13.8 Å². The van der Waals surface area contributed by atoms with Gasteiger partial charge in [-0.25, -0.2) is 0 Å². The van der Waals surface area contributed by atoms with E-state index in [-0.39, 0.29) is 23.9 Å². The molecule has 3 unspecified atom stereocenters. The van der Waals surface area contributed by atoms with Crippen molar-refractivity contribution in [2.45, 2.75) is 32.4 Å². The van der Waals surface area contributed by atoms with Crippen molar-refractivity contribution in [1.29, 1.82) is 0 Å². The molecular weight excluding hydrogens is 236 g/mol. The van der Waals surface area contributed by atoms with E-state index in [1.807, 2.05) is 0 Å². The molecule has 1 saturated heterocycles. The highest BCUT2D eigenvalue weighted by Crippen LogP contribution is 2.14. The van der Waals surface area contributed by atoms with Gasteiger partial charge in [0.2, 0.25) is 5.91 Å². The molecule has 0 radical (unpaired) electrons. The summed E-state index contributed by atoms with van der Waals surface area (Å²) in [7, 11) is 0. The first-order chi connectivity index (χ1) is 8.22. The lowest BCUT2D eigenvalue weighted by molar-refractivity contribution is -0.126. The zero-order valence-electron chi connectivity index (χ0n) is 11.0. The second-order valence-electron chi connectivity index (χ2n) is 4.38. The molecule has 0 aliphatic carbocycles. The monoisotopic (exact) mass is 260 g/mol. The van der Waals surface area contributed by atoms with E-state index in [0.717, 1.165) is 18.7 Å². The van der Waals surface area contributed by atoms with Crippen molar-refractivity contribution in [2.24, 2.45) is 5.92 Å². The number of hydrogen-bond acceptors (Lipinski definition) is 4. The molecule has 0 saturated carbocycles. The van der Waals surface area contributed by atoms with Crippen molar-refractivity contribution in [1.82, 2.24) is 10.6 Å². The highest BCUT2D eigenvalue weighted by molar-refractivity contribution is 7.98. The second-order valence-corrected chi connectivity index (χ2v) is 5.29. The van der Waals surface area contributed by atoms with Crippen LogP contribution in [0.5, 0.6) is 0 Å². The summed E-state index contributed by atoms with van der Waals surface area (Å²) in [5, 5.41) is 6.43. The van der Waals surface area contributed by atoms with Gasteiger partial charge in [0.05, 0.1) is 19.1 Å². The van der Waals surface area contributed by atoms with Crippen LogP contribution < -0.4 is 10.6 Å². The van der Waals surface area contributed by atoms with Crippen molar-refractivity contribution in [3.63, 3.8) is 0 Å². The van der Waals surface area contributed by atoms with Crippen LogP contribution in [0.4, 0.5) is 0 Å². The smallest absolute Gasteiger partial charge is 0.227 e. The van der Waals surface area contributed by atoms with Crippen molar-refractivity contribution < 1.29 is 9.53 Å². The van der Waals surface area contributed by atoms with Gasteiger partial charge in [-0.2, -0.15) is 11.8 Å². The number of thioether (sulfide) groups is 1. The predicted octanol–water partition coefficient (Wildman–Crippen LogP) is 0.869. The zero-order chi connectivity index (χ0) is 12.7. The van der Waals surface area contributed by atoms with Gasteiger partial charge in [0, 0.05) is 17.8 Å². The minimum atomic E-state index is -0.0362. The molecule has 0 aromatic carbocycles. The summed E-state index contributed by atoms with van der Waals surface area (Å²) in [6, 6.07) is 0.451. The normalized spacial score (nSPS) is 25.8. The number of carbonyl (C=O) groups is 1. The molecule has 1 amide bonds. The number of carbonyl (C=O) groups excluding carboxylic acids is 1. The van der Waals surface area contributed by atoms with Gasteiger partial charge < -0.3 is 15.4 Å². The van der Waals surface area contributed by atoms with Crippen LogP contribution in [0.2, 0.25) is 0 Å². The van der Waals surface area contributed by atoms with Crippen molar-refractivity contribution in [3.8, 4) is 0 Å². The van der Waals surface area contributed by atoms with Crippen LogP contribution in [0.25, 0.3) is 0 Å². The predicted molar refractivity (Wildman–Crippen MR) is 72.4 cm³/mol. The van der Waals surface area contributed by atoms with E-state index >= 15 is 0 Å². The Morgan fingerprint density at radius 3 is 2.82 bits per heavy atom. The van der Waals surface area contributed by atoms with Crippen LogP contribution in [0.1, 0.15) is 20.3 Å². The molecule has 4 nitrogen and oxygen atoms in total. The first-order valence-corrected chi connectivity index (χ1v) is 7.72. The molecule has 0 aromatic heterocycles. The first-order valence-electron chi connectivity index (χ1n) is 6.33. The molecule has 1 aliphatic rings. The minimum Gasteiger partial charge on any atom is -0.379 e. The maximum atomic E-state index is 12.1. The summed E-state index contributed by atoms with van der Waals surface area (Å²) in [6.07, 6.45) is 3.04. The fourth-order valence-corrected chi connectivity index (χ4v) is 2.77. The second kappa shape index (κ2) is 7.95. The number of ether oxygens (including phenoxy) is 1. The first kappa shape index (κ1) is 14.8. The molecule has 1 rings (SSSR count). The van der Waals surface area contributed by atoms with Crippen LogP contribution in [0.15, 0.2) is 0 Å². The largest absolute Gasteiger partial charge is 0.379 e. The van der Waals surface area contributed by atoms with E-state index in [9.17, 15) is 4.79 Å². The topological polar surface area (TPSA) is 50.4 Å². The van der Waals surface area contributed by atoms with Crippen molar-refractivity contribution in [3.05, 3.63) is 0 Å². The summed E-state index contributed by atoms with van der Waals surface area (Å²) in [5.41, 5.74) is 0. The summed E-state index contributed by atoms with van der Waals surface area (Å²) >= 11 is 1.77. The molecule has 1 fully saturated rings. The van der Waals surface area contributed by atoms with E-state index < -0.39 is 0 Å². The SMILES string of the molecule is CCNC1COCC1C(=O)NC(CC)CSC. The van der Waals surface area contributed by atoms with Crippen LogP contribution >= 0.6 is 11.8 Å². The number of likely N-dealkylation sites (N-methyl/N-ethyl adjacent to an activating group) is 1. The summed E-state index contributed by atoms with van der Waals surface area (Å²) < 4.78 is 5.39. The highest BCUT2D eigenvalue weighted by Gasteiger charge is 2.33. The summed E-state index contributed by atoms with van der Waals surface area (Å²) in [5.74, 6) is 1.07. The Balaban J connectivity index is 2.44. The number of nitrogens with one attached hydrogen (secondary N) is 2. The van der Waals surface area contributed by atoms with Crippen LogP contribution in [0, 0.1) is 5.92 Å². The lowest BCUT2D eigenvalue weighted by atomic mass is 10.0. The molecule has 3 atom stereocenters. The van der Waals surface area contributed by atoms with E-state index in [2.05, 4.69) is 30.7 Å². The summed E-state index contributed by atoms with van der Waals surface area (Å²) in [4.78, 5) is 12.1. The van der Waals surface area contributed by atoms with Crippen LogP contribution in [-0.2, 0) is 9.53 Å². The van der Waals surface area contributed by atoms with Gasteiger partial charge in [-0.15, -0.1) is 0 Å². The molecular formula is C12H24N2O2S. The molecule has 0 aromatic rings. The van der Waals surface area contributed by atoms with E-state index in [4.69, 9.17) is 4.74 Å². The number of hydrogen-bond donors (Lipinski definition) is 2. The third-order valence-corrected chi connectivity index (χ3v) is 3.83. The quantitative estimate of drug-likeness (QED) is 0.713.